The average molecular weight is 379 g/mol. The fourth-order valence-corrected chi connectivity index (χ4v) is 4.21. The molecule has 0 radical (unpaired) electrons. The molecule has 1 saturated heterocycles. The second kappa shape index (κ2) is 7.70. The maximum absolute atomic E-state index is 12.3. The number of thioether (sulfide) groups is 1. The topological polar surface area (TPSA) is 96.4 Å². The molecule has 1 aliphatic heterocycles. The molecule has 0 saturated carbocycles. The van der Waals surface area contributed by atoms with E-state index in [1.54, 1.807) is 14.0 Å². The van der Waals surface area contributed by atoms with Crippen LogP contribution >= 0.6 is 23.1 Å². The van der Waals surface area contributed by atoms with Crippen molar-refractivity contribution in [1.29, 1.82) is 0 Å². The van der Waals surface area contributed by atoms with Crippen LogP contribution in [0.1, 0.15) is 6.92 Å². The third-order valence-electron chi connectivity index (χ3n) is 3.48. The number of carbonyl (C=O) groups is 2. The predicted molar refractivity (Wildman–Crippen MR) is 96.6 cm³/mol. The fraction of sp³-hybridized carbons (Fsp3) is 0.333. The van der Waals surface area contributed by atoms with Gasteiger partial charge in [-0.3, -0.25) is 9.69 Å². The molecule has 3 rings (SSSR count). The first-order valence-corrected chi connectivity index (χ1v) is 9.27. The summed E-state index contributed by atoms with van der Waals surface area (Å²) in [7, 11) is 1.61. The molecule has 0 spiro atoms. The van der Waals surface area contributed by atoms with Crippen LogP contribution in [0.4, 0.5) is 15.6 Å². The number of anilines is 2. The number of benzene rings is 1. The van der Waals surface area contributed by atoms with Crippen molar-refractivity contribution < 1.29 is 14.3 Å². The van der Waals surface area contributed by atoms with Gasteiger partial charge in [-0.15, -0.1) is 10.2 Å². The Labute approximate surface area is 153 Å². The number of amides is 3. The Bertz CT molecular complexity index is 782. The van der Waals surface area contributed by atoms with E-state index in [9.17, 15) is 9.59 Å². The minimum atomic E-state index is -0.415. The maximum atomic E-state index is 12.3. The molecular formula is C15H17N5O3S2. The monoisotopic (exact) mass is 379 g/mol. The van der Waals surface area contributed by atoms with Gasteiger partial charge in [0.15, 0.2) is 4.34 Å². The van der Waals surface area contributed by atoms with Crippen molar-refractivity contribution in [3.8, 4) is 5.75 Å². The molecule has 2 heterocycles. The van der Waals surface area contributed by atoms with Gasteiger partial charge in [0, 0.05) is 24.8 Å². The Morgan fingerprint density at radius 1 is 1.48 bits per heavy atom. The smallest absolute Gasteiger partial charge is 0.324 e. The summed E-state index contributed by atoms with van der Waals surface area (Å²) in [5, 5.41) is 14.2. The molecule has 2 aromatic rings. The number of carbonyl (C=O) groups excluding carboxylic acids is 2. The Morgan fingerprint density at radius 2 is 2.32 bits per heavy atom. The number of rotatable bonds is 6. The molecule has 1 aromatic heterocycles. The molecule has 2 N–H and O–H groups in total. The van der Waals surface area contributed by atoms with Crippen molar-refractivity contribution in [1.82, 2.24) is 20.4 Å². The Balaban J connectivity index is 1.61. The molecule has 0 bridgehead atoms. The van der Waals surface area contributed by atoms with Crippen molar-refractivity contribution in [3.05, 3.63) is 24.3 Å². The molecule has 1 atom stereocenters. The van der Waals surface area contributed by atoms with Crippen molar-refractivity contribution >= 4 is 45.9 Å². The van der Waals surface area contributed by atoms with Crippen LogP contribution in [0.15, 0.2) is 28.6 Å². The summed E-state index contributed by atoms with van der Waals surface area (Å²) in [5.41, 5.74) is 0.838. The van der Waals surface area contributed by atoms with E-state index in [1.165, 1.54) is 28.0 Å². The Hall–Kier alpha value is -2.33. The summed E-state index contributed by atoms with van der Waals surface area (Å²) in [6.45, 7) is 2.66. The predicted octanol–water partition coefficient (Wildman–Crippen LogP) is 2.32. The van der Waals surface area contributed by atoms with Crippen LogP contribution in [-0.2, 0) is 4.79 Å². The maximum Gasteiger partial charge on any atom is 0.324 e. The van der Waals surface area contributed by atoms with Gasteiger partial charge < -0.3 is 15.4 Å². The van der Waals surface area contributed by atoms with Crippen LogP contribution < -0.4 is 15.4 Å². The van der Waals surface area contributed by atoms with E-state index < -0.39 is 5.25 Å². The standard InChI is InChI=1S/C15H17N5O3S2/c1-9(12(21)20-7-6-16-14(20)22)24-15-19-18-13(25-15)17-10-4-3-5-11(8-10)23-2/h3-5,8-9H,6-7H2,1-2H3,(H,16,22)(H,17,18). The first kappa shape index (κ1) is 17.5. The number of urea groups is 1. The van der Waals surface area contributed by atoms with E-state index >= 15 is 0 Å². The zero-order valence-electron chi connectivity index (χ0n) is 13.7. The Morgan fingerprint density at radius 3 is 3.04 bits per heavy atom. The van der Waals surface area contributed by atoms with Gasteiger partial charge in [0.05, 0.1) is 12.4 Å². The van der Waals surface area contributed by atoms with E-state index in [2.05, 4.69) is 20.8 Å². The van der Waals surface area contributed by atoms with Crippen molar-refractivity contribution in [2.24, 2.45) is 0 Å². The lowest BCUT2D eigenvalue weighted by atomic mass is 10.3. The average Bonchev–Trinajstić information content (AvgIpc) is 3.23. The number of hydrogen-bond acceptors (Lipinski definition) is 8. The Kier molecular flexibility index (Phi) is 5.39. The molecule has 8 nitrogen and oxygen atoms in total. The minimum Gasteiger partial charge on any atom is -0.497 e. The molecule has 1 unspecified atom stereocenters. The zero-order valence-corrected chi connectivity index (χ0v) is 15.3. The number of imide groups is 1. The number of hydrogen-bond donors (Lipinski definition) is 2. The zero-order chi connectivity index (χ0) is 17.8. The lowest BCUT2D eigenvalue weighted by Gasteiger charge is -2.16. The van der Waals surface area contributed by atoms with E-state index in [4.69, 9.17) is 4.74 Å². The first-order chi connectivity index (χ1) is 12.1. The van der Waals surface area contributed by atoms with E-state index in [0.29, 0.717) is 22.6 Å². The molecular weight excluding hydrogens is 362 g/mol. The highest BCUT2D eigenvalue weighted by Crippen LogP contribution is 2.31. The normalized spacial score (nSPS) is 15.0. The van der Waals surface area contributed by atoms with Crippen LogP contribution in [0.25, 0.3) is 0 Å². The molecule has 25 heavy (non-hydrogen) atoms. The number of ether oxygens (including phenoxy) is 1. The quantitative estimate of drug-likeness (QED) is 0.744. The largest absolute Gasteiger partial charge is 0.497 e. The van der Waals surface area contributed by atoms with Gasteiger partial charge in [-0.05, 0) is 19.1 Å². The van der Waals surface area contributed by atoms with Crippen LogP contribution in [0, 0.1) is 0 Å². The second-order valence-corrected chi connectivity index (χ2v) is 7.78. The summed E-state index contributed by atoms with van der Waals surface area (Å²) in [6, 6.07) is 7.14. The molecule has 1 aliphatic rings. The summed E-state index contributed by atoms with van der Waals surface area (Å²) in [6.07, 6.45) is 0. The number of aromatic nitrogens is 2. The van der Waals surface area contributed by atoms with Gasteiger partial charge in [-0.1, -0.05) is 29.2 Å². The summed E-state index contributed by atoms with van der Waals surface area (Å²) in [4.78, 5) is 25.1. The highest BCUT2D eigenvalue weighted by atomic mass is 32.2. The minimum absolute atomic E-state index is 0.225. The molecule has 0 aliphatic carbocycles. The molecule has 10 heteroatoms. The lowest BCUT2D eigenvalue weighted by Crippen LogP contribution is -2.38. The molecule has 3 amide bonds. The molecule has 1 aromatic carbocycles. The van der Waals surface area contributed by atoms with Gasteiger partial charge in [-0.25, -0.2) is 4.79 Å². The molecule has 132 valence electrons. The molecule has 1 fully saturated rings. The van der Waals surface area contributed by atoms with Crippen molar-refractivity contribution in [2.75, 3.05) is 25.5 Å². The van der Waals surface area contributed by atoms with Gasteiger partial charge in [0.2, 0.25) is 11.0 Å². The van der Waals surface area contributed by atoms with E-state index in [0.717, 1.165) is 11.4 Å². The number of nitrogens with one attached hydrogen (secondary N) is 2. The summed E-state index contributed by atoms with van der Waals surface area (Å²) >= 11 is 2.64. The van der Waals surface area contributed by atoms with Crippen molar-refractivity contribution in [2.45, 2.75) is 16.5 Å². The van der Waals surface area contributed by atoms with Crippen LogP contribution in [-0.4, -0.2) is 52.5 Å². The third kappa shape index (κ3) is 4.20. The fourth-order valence-electron chi connectivity index (χ4n) is 2.24. The van der Waals surface area contributed by atoms with E-state index in [-0.39, 0.29) is 11.9 Å². The summed E-state index contributed by atoms with van der Waals surface area (Å²) < 4.78 is 5.84. The summed E-state index contributed by atoms with van der Waals surface area (Å²) in [5.74, 6) is 0.518. The van der Waals surface area contributed by atoms with Gasteiger partial charge in [0.25, 0.3) is 0 Å². The van der Waals surface area contributed by atoms with Gasteiger partial charge in [-0.2, -0.15) is 0 Å². The highest BCUT2D eigenvalue weighted by molar-refractivity contribution is 8.02. The van der Waals surface area contributed by atoms with Crippen LogP contribution in [0.3, 0.4) is 0 Å². The second-order valence-electron chi connectivity index (χ2n) is 5.21. The van der Waals surface area contributed by atoms with E-state index in [1.807, 2.05) is 24.3 Å². The SMILES string of the molecule is COc1cccc(Nc2nnc(SC(C)C(=O)N3CCNC3=O)s2)c1. The van der Waals surface area contributed by atoms with Crippen LogP contribution in [0.2, 0.25) is 0 Å². The van der Waals surface area contributed by atoms with Gasteiger partial charge in [0.1, 0.15) is 5.75 Å². The highest BCUT2D eigenvalue weighted by Gasteiger charge is 2.30. The number of methoxy groups -OCH3 is 1. The third-order valence-corrected chi connectivity index (χ3v) is 5.49. The number of nitrogens with zero attached hydrogens (tertiary/aromatic N) is 3. The van der Waals surface area contributed by atoms with Crippen LogP contribution in [0.5, 0.6) is 5.75 Å². The first-order valence-electron chi connectivity index (χ1n) is 7.57. The lowest BCUT2D eigenvalue weighted by molar-refractivity contribution is -0.126. The van der Waals surface area contributed by atoms with Crippen molar-refractivity contribution in [3.63, 3.8) is 0 Å². The van der Waals surface area contributed by atoms with Gasteiger partial charge >= 0.3 is 6.03 Å².